The van der Waals surface area contributed by atoms with E-state index in [1.807, 2.05) is 6.92 Å². The van der Waals surface area contributed by atoms with E-state index in [0.29, 0.717) is 18.8 Å². The van der Waals surface area contributed by atoms with Crippen LogP contribution in [0.1, 0.15) is 26.2 Å². The van der Waals surface area contributed by atoms with Crippen molar-refractivity contribution in [1.82, 2.24) is 9.80 Å². The second-order valence-corrected chi connectivity index (χ2v) is 6.37. The Morgan fingerprint density at radius 2 is 2.00 bits per heavy atom. The topological polar surface area (TPSA) is 70.1 Å². The van der Waals surface area contributed by atoms with E-state index in [4.69, 9.17) is 4.74 Å². The number of carboxylic acid groups (broad SMARTS) is 1. The molecule has 2 fully saturated rings. The molecule has 1 N–H and O–H groups in total. The molecule has 0 spiro atoms. The fourth-order valence-electron chi connectivity index (χ4n) is 2.77. The van der Waals surface area contributed by atoms with E-state index in [0.717, 1.165) is 19.3 Å². The lowest BCUT2D eigenvalue weighted by molar-refractivity contribution is -0.141. The summed E-state index contributed by atoms with van der Waals surface area (Å²) < 4.78 is 5.30. The van der Waals surface area contributed by atoms with Gasteiger partial charge in [-0.25, -0.2) is 9.59 Å². The first kappa shape index (κ1) is 15.4. The fraction of sp³-hybridized carbons (Fsp3) is 0.846. The number of amides is 2. The van der Waals surface area contributed by atoms with Gasteiger partial charge >= 0.3 is 12.0 Å². The van der Waals surface area contributed by atoms with E-state index in [1.165, 1.54) is 0 Å². The zero-order valence-corrected chi connectivity index (χ0v) is 12.8. The molecule has 2 heterocycles. The Kier molecular flexibility index (Phi) is 5.15. The third-order valence-corrected chi connectivity index (χ3v) is 5.45. The Morgan fingerprint density at radius 3 is 2.50 bits per heavy atom. The lowest BCUT2D eigenvalue weighted by Crippen LogP contribution is -2.53. The number of hydrogen-bond donors (Lipinski definition) is 1. The molecule has 0 saturated carbocycles. The quantitative estimate of drug-likeness (QED) is 0.854. The SMILES string of the molecule is CCC1SCC(C(=O)O)N1C(=O)N1CCC(OC)CC1. The molecule has 114 valence electrons. The maximum Gasteiger partial charge on any atom is 0.327 e. The minimum atomic E-state index is -0.909. The summed E-state index contributed by atoms with van der Waals surface area (Å²) in [6, 6.07) is -0.832. The molecule has 7 heteroatoms. The molecule has 20 heavy (non-hydrogen) atoms. The minimum absolute atomic E-state index is 0.0243. The van der Waals surface area contributed by atoms with Gasteiger partial charge in [-0.05, 0) is 19.3 Å². The molecular formula is C13H22N2O4S. The highest BCUT2D eigenvalue weighted by Gasteiger charge is 2.42. The van der Waals surface area contributed by atoms with Crippen LogP contribution in [0, 0.1) is 0 Å². The smallest absolute Gasteiger partial charge is 0.327 e. The predicted molar refractivity (Wildman–Crippen MR) is 76.8 cm³/mol. The maximum absolute atomic E-state index is 12.6. The van der Waals surface area contributed by atoms with Crippen molar-refractivity contribution in [2.75, 3.05) is 26.0 Å². The third-order valence-electron chi connectivity index (χ3n) is 3.99. The number of carbonyl (C=O) groups is 2. The second kappa shape index (κ2) is 6.67. The number of ether oxygens (including phenoxy) is 1. The van der Waals surface area contributed by atoms with Crippen LogP contribution in [0.15, 0.2) is 0 Å². The lowest BCUT2D eigenvalue weighted by atomic mass is 10.1. The summed E-state index contributed by atoms with van der Waals surface area (Å²) in [5, 5.41) is 9.25. The van der Waals surface area contributed by atoms with Gasteiger partial charge in [-0.2, -0.15) is 0 Å². The van der Waals surface area contributed by atoms with Gasteiger partial charge in [-0.3, -0.25) is 4.90 Å². The molecule has 2 atom stereocenters. The molecule has 0 radical (unpaired) electrons. The molecule has 2 rings (SSSR count). The first-order chi connectivity index (χ1) is 9.58. The highest BCUT2D eigenvalue weighted by atomic mass is 32.2. The minimum Gasteiger partial charge on any atom is -0.480 e. The van der Waals surface area contributed by atoms with Crippen LogP contribution < -0.4 is 0 Å². The lowest BCUT2D eigenvalue weighted by Gasteiger charge is -2.36. The normalized spacial score (nSPS) is 27.9. The van der Waals surface area contributed by atoms with Gasteiger partial charge in [0, 0.05) is 26.0 Å². The number of aliphatic carboxylic acids is 1. The van der Waals surface area contributed by atoms with Crippen LogP contribution in [0.4, 0.5) is 4.79 Å². The Balaban J connectivity index is 2.04. The van der Waals surface area contributed by atoms with Crippen LogP contribution in [0.3, 0.4) is 0 Å². The van der Waals surface area contributed by atoms with Crippen molar-refractivity contribution in [2.45, 2.75) is 43.7 Å². The van der Waals surface area contributed by atoms with Crippen molar-refractivity contribution in [3.05, 3.63) is 0 Å². The summed E-state index contributed by atoms with van der Waals surface area (Å²) in [6.07, 6.45) is 2.62. The zero-order valence-electron chi connectivity index (χ0n) is 11.9. The number of nitrogens with zero attached hydrogens (tertiary/aromatic N) is 2. The Morgan fingerprint density at radius 1 is 1.35 bits per heavy atom. The van der Waals surface area contributed by atoms with Gasteiger partial charge in [0.05, 0.1) is 11.5 Å². The number of thioether (sulfide) groups is 1. The summed E-state index contributed by atoms with van der Waals surface area (Å²) in [6.45, 7) is 3.27. The monoisotopic (exact) mass is 302 g/mol. The van der Waals surface area contributed by atoms with Crippen LogP contribution >= 0.6 is 11.8 Å². The van der Waals surface area contributed by atoms with E-state index < -0.39 is 12.0 Å². The zero-order chi connectivity index (χ0) is 14.7. The van der Waals surface area contributed by atoms with E-state index in [2.05, 4.69) is 0 Å². The molecular weight excluding hydrogens is 280 g/mol. The fourth-order valence-corrected chi connectivity index (χ4v) is 4.11. The number of rotatable bonds is 3. The summed E-state index contributed by atoms with van der Waals surface area (Å²) >= 11 is 1.56. The van der Waals surface area contributed by atoms with Crippen LogP contribution in [-0.4, -0.2) is 70.4 Å². The number of methoxy groups -OCH3 is 1. The van der Waals surface area contributed by atoms with Crippen molar-refractivity contribution >= 4 is 23.8 Å². The Labute approximate surface area is 123 Å². The molecule has 0 aromatic rings. The van der Waals surface area contributed by atoms with Gasteiger partial charge in [0.25, 0.3) is 0 Å². The van der Waals surface area contributed by atoms with E-state index in [9.17, 15) is 14.7 Å². The summed E-state index contributed by atoms with van der Waals surface area (Å²) in [4.78, 5) is 27.2. The highest BCUT2D eigenvalue weighted by Crippen LogP contribution is 2.32. The van der Waals surface area contributed by atoms with E-state index in [1.54, 1.807) is 28.7 Å². The van der Waals surface area contributed by atoms with Crippen molar-refractivity contribution in [1.29, 1.82) is 0 Å². The van der Waals surface area contributed by atoms with Gasteiger partial charge in [0.1, 0.15) is 6.04 Å². The van der Waals surface area contributed by atoms with Crippen molar-refractivity contribution in [3.8, 4) is 0 Å². The maximum atomic E-state index is 12.6. The molecule has 2 saturated heterocycles. The number of carboxylic acids is 1. The largest absolute Gasteiger partial charge is 0.480 e. The van der Waals surface area contributed by atoms with Crippen molar-refractivity contribution in [2.24, 2.45) is 0 Å². The van der Waals surface area contributed by atoms with Crippen molar-refractivity contribution < 1.29 is 19.4 Å². The molecule has 2 unspecified atom stereocenters. The molecule has 2 amide bonds. The molecule has 0 bridgehead atoms. The molecule has 0 aliphatic carbocycles. The van der Waals surface area contributed by atoms with Crippen molar-refractivity contribution in [3.63, 3.8) is 0 Å². The van der Waals surface area contributed by atoms with Gasteiger partial charge in [0.15, 0.2) is 0 Å². The Hall–Kier alpha value is -0.950. The second-order valence-electron chi connectivity index (χ2n) is 5.16. The van der Waals surface area contributed by atoms with E-state index in [-0.39, 0.29) is 17.5 Å². The summed E-state index contributed by atoms with van der Waals surface area (Å²) in [5.41, 5.74) is 0. The molecule has 6 nitrogen and oxygen atoms in total. The van der Waals surface area contributed by atoms with Crippen LogP contribution in [0.5, 0.6) is 0 Å². The van der Waals surface area contributed by atoms with Gasteiger partial charge in [0.2, 0.25) is 0 Å². The molecule has 0 aromatic heterocycles. The van der Waals surface area contributed by atoms with Crippen LogP contribution in [0.2, 0.25) is 0 Å². The van der Waals surface area contributed by atoms with Crippen LogP contribution in [0.25, 0.3) is 0 Å². The highest BCUT2D eigenvalue weighted by molar-refractivity contribution is 8.00. The number of likely N-dealkylation sites (tertiary alicyclic amines) is 1. The number of piperidine rings is 1. The summed E-state index contributed by atoms with van der Waals surface area (Å²) in [5.74, 6) is -0.428. The average Bonchev–Trinajstić information content (AvgIpc) is 2.90. The first-order valence-corrected chi connectivity index (χ1v) is 8.07. The molecule has 2 aliphatic heterocycles. The predicted octanol–water partition coefficient (Wildman–Crippen LogP) is 1.46. The van der Waals surface area contributed by atoms with Gasteiger partial charge < -0.3 is 14.7 Å². The van der Waals surface area contributed by atoms with Gasteiger partial charge in [-0.15, -0.1) is 11.8 Å². The standard InChI is InChI=1S/C13H22N2O4S/c1-3-11-15(10(8-20-11)12(16)17)13(18)14-6-4-9(19-2)5-7-14/h9-11H,3-8H2,1-2H3,(H,16,17). The number of carbonyl (C=O) groups excluding carboxylic acids is 1. The van der Waals surface area contributed by atoms with Crippen LogP contribution in [-0.2, 0) is 9.53 Å². The number of hydrogen-bond acceptors (Lipinski definition) is 4. The molecule has 2 aliphatic rings. The summed E-state index contributed by atoms with van der Waals surface area (Å²) in [7, 11) is 1.69. The van der Waals surface area contributed by atoms with Gasteiger partial charge in [-0.1, -0.05) is 6.92 Å². The average molecular weight is 302 g/mol. The third kappa shape index (κ3) is 3.03. The van der Waals surface area contributed by atoms with E-state index >= 15 is 0 Å². The molecule has 0 aromatic carbocycles. The first-order valence-electron chi connectivity index (χ1n) is 7.03. The Bertz CT molecular complexity index is 371. The number of urea groups is 1.